The highest BCUT2D eigenvalue weighted by molar-refractivity contribution is 7.89. The average molecular weight is 440 g/mol. The third-order valence-electron chi connectivity index (χ3n) is 4.92. The molecule has 1 fully saturated rings. The van der Waals surface area contributed by atoms with Crippen molar-refractivity contribution in [2.24, 2.45) is 0 Å². The Bertz CT molecular complexity index is 1090. The van der Waals surface area contributed by atoms with Crippen LogP contribution >= 0.6 is 0 Å². The molecule has 3 rings (SSSR count). The Labute approximate surface area is 171 Å². The lowest BCUT2D eigenvalue weighted by atomic mass is 10.0. The van der Waals surface area contributed by atoms with E-state index in [0.717, 1.165) is 10.4 Å². The number of piperidine rings is 1. The molecule has 1 unspecified atom stereocenters. The zero-order valence-corrected chi connectivity index (χ0v) is 16.8. The van der Waals surface area contributed by atoms with E-state index in [4.69, 9.17) is 0 Å². The van der Waals surface area contributed by atoms with Gasteiger partial charge in [0.2, 0.25) is 15.9 Å². The van der Waals surface area contributed by atoms with Crippen LogP contribution in [0.3, 0.4) is 0 Å². The number of carbonyl (C=O) groups is 2. The zero-order valence-electron chi connectivity index (χ0n) is 16.0. The van der Waals surface area contributed by atoms with E-state index < -0.39 is 45.1 Å². The van der Waals surface area contributed by atoms with Crippen molar-refractivity contribution in [1.29, 1.82) is 0 Å². The molecule has 1 aliphatic heterocycles. The molecule has 0 saturated carbocycles. The Morgan fingerprint density at radius 2 is 1.67 bits per heavy atom. The van der Waals surface area contributed by atoms with Gasteiger partial charge < -0.3 is 5.32 Å². The van der Waals surface area contributed by atoms with Crippen molar-refractivity contribution in [3.63, 3.8) is 0 Å². The van der Waals surface area contributed by atoms with E-state index >= 15 is 0 Å². The van der Waals surface area contributed by atoms with E-state index in [1.54, 1.807) is 0 Å². The molecule has 0 spiro atoms. The quantitative estimate of drug-likeness (QED) is 0.570. The van der Waals surface area contributed by atoms with Gasteiger partial charge in [-0.15, -0.1) is 0 Å². The lowest BCUT2D eigenvalue weighted by molar-refractivity contribution is -0.120. The monoisotopic (exact) mass is 440 g/mol. The number of sulfonamides is 1. The van der Waals surface area contributed by atoms with Crippen molar-refractivity contribution in [1.82, 2.24) is 4.31 Å². The minimum absolute atomic E-state index is 0.0646. The number of Topliss-reactive ketones (excluding diaryl/α,β-unsaturated/α-hetero) is 1. The van der Waals surface area contributed by atoms with E-state index in [-0.39, 0.29) is 23.6 Å². The summed E-state index contributed by atoms with van der Waals surface area (Å²) in [6.07, 6.45) is 1.27. The number of benzene rings is 2. The third-order valence-corrected chi connectivity index (χ3v) is 6.84. The van der Waals surface area contributed by atoms with Gasteiger partial charge in [-0.2, -0.15) is 4.31 Å². The number of hydrogen-bond acceptors (Lipinski definition) is 4. The van der Waals surface area contributed by atoms with Crippen LogP contribution in [0, 0.1) is 17.5 Å². The molecule has 160 valence electrons. The number of anilines is 1. The van der Waals surface area contributed by atoms with Gasteiger partial charge in [0, 0.05) is 12.1 Å². The van der Waals surface area contributed by atoms with Crippen LogP contribution in [0.2, 0.25) is 0 Å². The van der Waals surface area contributed by atoms with Crippen molar-refractivity contribution >= 4 is 27.4 Å². The smallest absolute Gasteiger partial charge is 0.243 e. The molecule has 1 amide bonds. The number of hydrogen-bond donors (Lipinski definition) is 1. The second-order valence-electron chi connectivity index (χ2n) is 6.92. The van der Waals surface area contributed by atoms with Crippen molar-refractivity contribution in [2.75, 3.05) is 11.9 Å². The summed E-state index contributed by atoms with van der Waals surface area (Å²) in [5.74, 6) is -5.76. The second-order valence-corrected chi connectivity index (χ2v) is 8.81. The molecule has 1 heterocycles. The van der Waals surface area contributed by atoms with Crippen LogP contribution < -0.4 is 5.32 Å². The van der Waals surface area contributed by atoms with Crippen LogP contribution in [-0.4, -0.2) is 37.0 Å². The van der Waals surface area contributed by atoms with Gasteiger partial charge in [0.25, 0.3) is 0 Å². The SMILES string of the molecule is CC(=O)c1ccc(S(=O)(=O)N2CCCCC2C(=O)Nc2ccc(F)c(F)c2F)cc1. The van der Waals surface area contributed by atoms with Crippen LogP contribution in [0.5, 0.6) is 0 Å². The Morgan fingerprint density at radius 3 is 2.30 bits per heavy atom. The van der Waals surface area contributed by atoms with E-state index in [2.05, 4.69) is 5.32 Å². The summed E-state index contributed by atoms with van der Waals surface area (Å²) in [7, 11) is -4.08. The average Bonchev–Trinajstić information content (AvgIpc) is 2.74. The molecule has 1 aliphatic rings. The van der Waals surface area contributed by atoms with E-state index in [1.165, 1.54) is 31.2 Å². The maximum atomic E-state index is 13.9. The number of ketones is 1. The highest BCUT2D eigenvalue weighted by Gasteiger charge is 2.38. The number of carbonyl (C=O) groups excluding carboxylic acids is 2. The molecule has 0 aliphatic carbocycles. The minimum Gasteiger partial charge on any atom is -0.322 e. The predicted octanol–water partition coefficient (Wildman–Crippen LogP) is 3.49. The number of halogens is 3. The first-order valence-corrected chi connectivity index (χ1v) is 10.6. The van der Waals surface area contributed by atoms with Gasteiger partial charge in [0.15, 0.2) is 23.2 Å². The Morgan fingerprint density at radius 1 is 1.00 bits per heavy atom. The summed E-state index contributed by atoms with van der Waals surface area (Å²) < 4.78 is 67.6. The molecule has 1 saturated heterocycles. The van der Waals surface area contributed by atoms with Gasteiger partial charge in [-0.3, -0.25) is 9.59 Å². The molecule has 2 aromatic rings. The van der Waals surface area contributed by atoms with Gasteiger partial charge in [0.1, 0.15) is 6.04 Å². The fourth-order valence-electron chi connectivity index (χ4n) is 3.29. The van der Waals surface area contributed by atoms with E-state index in [9.17, 15) is 31.2 Å². The van der Waals surface area contributed by atoms with Crippen molar-refractivity contribution in [2.45, 2.75) is 37.1 Å². The largest absolute Gasteiger partial charge is 0.322 e. The summed E-state index contributed by atoms with van der Waals surface area (Å²) >= 11 is 0. The van der Waals surface area contributed by atoms with Crippen LogP contribution in [0.1, 0.15) is 36.5 Å². The molecular formula is C20H19F3N2O4S. The molecule has 0 radical (unpaired) electrons. The number of amides is 1. The Balaban J connectivity index is 1.87. The topological polar surface area (TPSA) is 83.6 Å². The predicted molar refractivity (Wildman–Crippen MR) is 103 cm³/mol. The maximum absolute atomic E-state index is 13.9. The summed E-state index contributed by atoms with van der Waals surface area (Å²) in [5.41, 5.74) is -0.233. The lowest BCUT2D eigenvalue weighted by Gasteiger charge is -2.33. The minimum atomic E-state index is -4.08. The molecule has 0 aromatic heterocycles. The zero-order chi connectivity index (χ0) is 22.1. The molecule has 10 heteroatoms. The number of rotatable bonds is 5. The van der Waals surface area contributed by atoms with Gasteiger partial charge >= 0.3 is 0 Å². The van der Waals surface area contributed by atoms with Crippen molar-refractivity contribution < 1.29 is 31.2 Å². The molecule has 30 heavy (non-hydrogen) atoms. The second kappa shape index (κ2) is 8.57. The molecule has 1 N–H and O–H groups in total. The van der Waals surface area contributed by atoms with Gasteiger partial charge in [-0.05, 0) is 44.0 Å². The highest BCUT2D eigenvalue weighted by Crippen LogP contribution is 2.27. The normalized spacial score (nSPS) is 17.5. The van der Waals surface area contributed by atoms with Crippen molar-refractivity contribution in [3.8, 4) is 0 Å². The fraction of sp³-hybridized carbons (Fsp3) is 0.300. The first kappa shape index (κ1) is 22.0. The van der Waals surface area contributed by atoms with Crippen LogP contribution in [-0.2, 0) is 14.8 Å². The van der Waals surface area contributed by atoms with Crippen LogP contribution in [0.4, 0.5) is 18.9 Å². The fourth-order valence-corrected chi connectivity index (χ4v) is 4.95. The third kappa shape index (κ3) is 4.24. The lowest BCUT2D eigenvalue weighted by Crippen LogP contribution is -2.49. The van der Waals surface area contributed by atoms with Crippen LogP contribution in [0.25, 0.3) is 0 Å². The number of nitrogens with one attached hydrogen (secondary N) is 1. The van der Waals surface area contributed by atoms with Gasteiger partial charge in [0.05, 0.1) is 10.6 Å². The Hall–Kier alpha value is -2.72. The molecule has 6 nitrogen and oxygen atoms in total. The summed E-state index contributed by atoms with van der Waals surface area (Å²) in [6.45, 7) is 1.42. The maximum Gasteiger partial charge on any atom is 0.243 e. The molecule has 0 bridgehead atoms. The van der Waals surface area contributed by atoms with Gasteiger partial charge in [-0.25, -0.2) is 21.6 Å². The first-order valence-electron chi connectivity index (χ1n) is 9.20. The highest BCUT2D eigenvalue weighted by atomic mass is 32.2. The van der Waals surface area contributed by atoms with Gasteiger partial charge in [-0.1, -0.05) is 18.6 Å². The number of nitrogens with zero attached hydrogens (tertiary/aromatic N) is 1. The molecule has 1 atom stereocenters. The summed E-state index contributed by atoms with van der Waals surface area (Å²) in [5, 5.41) is 2.15. The van der Waals surface area contributed by atoms with E-state index in [0.29, 0.717) is 24.5 Å². The van der Waals surface area contributed by atoms with Crippen molar-refractivity contribution in [3.05, 3.63) is 59.4 Å². The molecular weight excluding hydrogens is 421 g/mol. The first-order chi connectivity index (χ1) is 14.1. The summed E-state index contributed by atoms with van der Waals surface area (Å²) in [6, 6.07) is 5.71. The van der Waals surface area contributed by atoms with E-state index in [1.807, 2.05) is 0 Å². The molecule has 2 aromatic carbocycles. The Kier molecular flexibility index (Phi) is 6.27. The summed E-state index contributed by atoms with van der Waals surface area (Å²) in [4.78, 5) is 24.0. The van der Waals surface area contributed by atoms with Crippen LogP contribution in [0.15, 0.2) is 41.3 Å². The standard InChI is InChI=1S/C20H19F3N2O4S/c1-12(26)13-5-7-14(8-6-13)30(28,29)25-11-3-2-4-17(25)20(27)24-16-10-9-15(21)18(22)19(16)23/h5-10,17H,2-4,11H2,1H3,(H,24,27).